The van der Waals surface area contributed by atoms with Gasteiger partial charge in [-0.25, -0.2) is 26.7 Å². The highest BCUT2D eigenvalue weighted by molar-refractivity contribution is 7.23. The molecule has 0 unspecified atom stereocenters. The van der Waals surface area contributed by atoms with E-state index in [1.165, 1.54) is 11.8 Å². The van der Waals surface area contributed by atoms with Gasteiger partial charge in [-0.3, -0.25) is 5.32 Å². The maximum Gasteiger partial charge on any atom is 0.412 e. The van der Waals surface area contributed by atoms with Crippen LogP contribution in [-0.2, 0) is 9.47 Å². The Kier molecular flexibility index (Phi) is 7.96. The standard InChI is InChI=1S/C37H37F5N6O4S/c1-36(2,3)52-35(49)46-33-21(14-43)25-19(6-7-23(39)31(25)53-33)26-24(40)12-20-29(28(26)42)44-34(51-17-37(4)16-47(5)9-8-18(37)13-38)45-32(20)48-10-11-50-15-22-27(41)30(22)48/h6-7,12-13,22,27,30H,8-11,15-17H2,1-5H3,(H,46,49)/b18-13+/t22-,27-,30-,37-/m0/s1/i5D3,17D2. The number of rotatable bonds is 6. The highest BCUT2D eigenvalue weighted by atomic mass is 32.1. The van der Waals surface area contributed by atoms with Crippen molar-refractivity contribution >= 4 is 49.2 Å². The summed E-state index contributed by atoms with van der Waals surface area (Å²) >= 11 is 0.642. The molecule has 280 valence electrons. The molecular formula is C37H37F5N6O4S. The average Bonchev–Trinajstić information content (AvgIpc) is 3.69. The Labute approximate surface area is 313 Å². The van der Waals surface area contributed by atoms with E-state index in [9.17, 15) is 14.4 Å². The van der Waals surface area contributed by atoms with Crippen LogP contribution >= 0.6 is 11.3 Å². The lowest BCUT2D eigenvalue weighted by Crippen LogP contribution is -2.44. The van der Waals surface area contributed by atoms with Gasteiger partial charge in [0.05, 0.1) is 44.2 Å². The van der Waals surface area contributed by atoms with Gasteiger partial charge in [0.1, 0.15) is 52.4 Å². The van der Waals surface area contributed by atoms with E-state index in [1.807, 2.05) is 6.07 Å². The van der Waals surface area contributed by atoms with Crippen LogP contribution in [-0.4, -0.2) is 85.2 Å². The molecule has 7 rings (SSSR count). The lowest BCUT2D eigenvalue weighted by atomic mass is 9.78. The third kappa shape index (κ3) is 6.74. The van der Waals surface area contributed by atoms with Crippen LogP contribution < -0.4 is 15.0 Å². The molecule has 0 spiro atoms. The average molecular weight is 762 g/mol. The van der Waals surface area contributed by atoms with Gasteiger partial charge in [0, 0.05) is 45.9 Å². The summed E-state index contributed by atoms with van der Waals surface area (Å²) in [4.78, 5) is 23.6. The van der Waals surface area contributed by atoms with Crippen LogP contribution in [0.5, 0.6) is 6.01 Å². The lowest BCUT2D eigenvalue weighted by Gasteiger charge is -2.40. The van der Waals surface area contributed by atoms with Gasteiger partial charge in [-0.05, 0) is 57.4 Å². The molecule has 2 aliphatic heterocycles. The summed E-state index contributed by atoms with van der Waals surface area (Å²) in [5.74, 6) is -4.29. The zero-order valence-electron chi connectivity index (χ0n) is 34.0. The van der Waals surface area contributed by atoms with E-state index in [0.717, 1.165) is 23.1 Å². The number of fused-ring (bicyclic) bond motifs is 3. The van der Waals surface area contributed by atoms with Gasteiger partial charge < -0.3 is 24.0 Å². The number of piperidine rings is 1. The van der Waals surface area contributed by atoms with Crippen molar-refractivity contribution in [1.82, 2.24) is 14.9 Å². The van der Waals surface area contributed by atoms with Crippen LogP contribution in [0, 0.1) is 40.1 Å². The predicted octanol–water partition coefficient (Wildman–Crippen LogP) is 7.89. The van der Waals surface area contributed by atoms with E-state index >= 15 is 17.6 Å². The van der Waals surface area contributed by atoms with Gasteiger partial charge in [0.2, 0.25) is 0 Å². The minimum Gasteiger partial charge on any atom is -0.462 e. The molecule has 10 nitrogen and oxygen atoms in total. The van der Waals surface area contributed by atoms with Crippen molar-refractivity contribution in [3.63, 3.8) is 0 Å². The van der Waals surface area contributed by atoms with E-state index < -0.39 is 89.9 Å². The predicted molar refractivity (Wildman–Crippen MR) is 190 cm³/mol. The maximum atomic E-state index is 17.2. The first-order chi connectivity index (χ1) is 27.1. The summed E-state index contributed by atoms with van der Waals surface area (Å²) in [5, 5.41) is 12.0. The van der Waals surface area contributed by atoms with Gasteiger partial charge in [0.15, 0.2) is 5.82 Å². The van der Waals surface area contributed by atoms with E-state index in [4.69, 9.17) is 21.1 Å². The number of thiophene rings is 1. The fourth-order valence-electron chi connectivity index (χ4n) is 6.85. The second kappa shape index (κ2) is 13.7. The number of carbonyl (C=O) groups excluding carboxylic acids is 1. The summed E-state index contributed by atoms with van der Waals surface area (Å²) in [6.07, 6.45) is -2.35. The molecule has 3 fully saturated rings. The number of benzene rings is 2. The van der Waals surface area contributed by atoms with E-state index in [0.29, 0.717) is 11.3 Å². The number of hydrogen-bond donors (Lipinski definition) is 1. The van der Waals surface area contributed by atoms with Crippen LogP contribution in [0.25, 0.3) is 32.1 Å². The second-order valence-electron chi connectivity index (χ2n) is 14.3. The molecule has 1 saturated carbocycles. The fourth-order valence-corrected chi connectivity index (χ4v) is 7.92. The molecule has 3 aliphatic rings. The molecule has 16 heteroatoms. The van der Waals surface area contributed by atoms with Crippen molar-refractivity contribution in [3.8, 4) is 23.2 Å². The first-order valence-corrected chi connectivity index (χ1v) is 17.5. The Morgan fingerprint density at radius 3 is 2.79 bits per heavy atom. The third-order valence-corrected chi connectivity index (χ3v) is 10.6. The molecule has 1 aliphatic carbocycles. The Hall–Kier alpha value is -4.59. The molecule has 2 saturated heterocycles. The number of nitrogens with zero attached hydrogens (tertiary/aromatic N) is 5. The number of anilines is 2. The summed E-state index contributed by atoms with van der Waals surface area (Å²) < 4.78 is 137. The number of hydrogen-bond acceptors (Lipinski definition) is 10. The summed E-state index contributed by atoms with van der Waals surface area (Å²) in [7, 11) is 0. The Balaban J connectivity index is 1.41. The van der Waals surface area contributed by atoms with E-state index in [1.54, 1.807) is 20.8 Å². The number of alkyl halides is 1. The van der Waals surface area contributed by atoms with Crippen molar-refractivity contribution in [1.29, 1.82) is 5.26 Å². The first-order valence-electron chi connectivity index (χ1n) is 19.2. The SMILES string of the molecule is [2H]C([2H])([2H])N1CC/C(=C\F)[C@](C)(C([2H])([2H])Oc2nc(N3CCOC[C@H]4[C@H](F)[C@H]43)c3cc(F)c(-c4ccc(F)c5sc(NC(=O)OC(C)(C)C)c(C#N)c45)c(F)c3n2)C1. The number of ether oxygens (including phenoxy) is 3. The lowest BCUT2D eigenvalue weighted by molar-refractivity contribution is 0.0636. The van der Waals surface area contributed by atoms with Crippen LogP contribution in [0.1, 0.15) is 46.5 Å². The van der Waals surface area contributed by atoms with Gasteiger partial charge in [-0.15, -0.1) is 11.3 Å². The van der Waals surface area contributed by atoms with Gasteiger partial charge in [-0.2, -0.15) is 15.2 Å². The molecule has 4 heterocycles. The van der Waals surface area contributed by atoms with Crippen molar-refractivity contribution in [2.45, 2.75) is 51.9 Å². The third-order valence-electron chi connectivity index (χ3n) is 9.45. The van der Waals surface area contributed by atoms with Gasteiger partial charge >= 0.3 is 12.1 Å². The summed E-state index contributed by atoms with van der Waals surface area (Å²) in [5.41, 5.74) is -5.04. The van der Waals surface area contributed by atoms with E-state index in [2.05, 4.69) is 15.3 Å². The quantitative estimate of drug-likeness (QED) is 0.196. The fraction of sp³-hybridized carbons (Fsp3) is 0.459. The van der Waals surface area contributed by atoms with Crippen molar-refractivity contribution in [2.75, 3.05) is 56.6 Å². The number of nitrogens with one attached hydrogen (secondary N) is 1. The van der Waals surface area contributed by atoms with Gasteiger partial charge in [0.25, 0.3) is 0 Å². The number of likely N-dealkylation sites (tertiary alicyclic amines) is 1. The Bertz CT molecular complexity index is 2410. The van der Waals surface area contributed by atoms with Gasteiger partial charge in [-0.1, -0.05) is 13.0 Å². The van der Waals surface area contributed by atoms with Crippen LogP contribution in [0.3, 0.4) is 0 Å². The molecule has 4 atom stereocenters. The zero-order valence-corrected chi connectivity index (χ0v) is 29.8. The van der Waals surface area contributed by atoms with E-state index in [-0.39, 0.29) is 82.0 Å². The zero-order chi connectivity index (χ0) is 42.3. The molecule has 1 amide bonds. The van der Waals surface area contributed by atoms with Crippen LogP contribution in [0.15, 0.2) is 30.1 Å². The highest BCUT2D eigenvalue weighted by Crippen LogP contribution is 2.48. The normalized spacial score (nSPS) is 26.1. The Morgan fingerprint density at radius 1 is 1.28 bits per heavy atom. The van der Waals surface area contributed by atoms with Crippen molar-refractivity contribution in [3.05, 3.63) is 53.1 Å². The van der Waals surface area contributed by atoms with Crippen LogP contribution in [0.2, 0.25) is 0 Å². The highest BCUT2D eigenvalue weighted by Gasteiger charge is 2.56. The molecule has 0 bridgehead atoms. The monoisotopic (exact) mass is 761 g/mol. The maximum absolute atomic E-state index is 17.2. The molecule has 53 heavy (non-hydrogen) atoms. The molecule has 1 N–H and O–H groups in total. The number of amides is 1. The largest absolute Gasteiger partial charge is 0.462 e. The molecular weight excluding hydrogens is 720 g/mol. The second-order valence-corrected chi connectivity index (χ2v) is 15.3. The van der Waals surface area contributed by atoms with Crippen LogP contribution in [0.4, 0.5) is 37.6 Å². The minimum absolute atomic E-state index is 0.00252. The Morgan fingerprint density at radius 2 is 2.08 bits per heavy atom. The number of halogens is 5. The van der Waals surface area contributed by atoms with Crippen molar-refractivity contribution < 1.29 is 47.8 Å². The summed E-state index contributed by atoms with van der Waals surface area (Å²) in [6.45, 7) is -0.0582. The number of carbonyl (C=O) groups is 1. The molecule has 2 aromatic carbocycles. The first kappa shape index (κ1) is 30.8. The van der Waals surface area contributed by atoms with Crippen molar-refractivity contribution in [2.24, 2.45) is 11.3 Å². The molecule has 2 aromatic heterocycles. The molecule has 4 aromatic rings. The smallest absolute Gasteiger partial charge is 0.412 e. The number of nitriles is 1. The number of aromatic nitrogens is 2. The molecule has 0 radical (unpaired) electrons. The topological polar surface area (TPSA) is 113 Å². The summed E-state index contributed by atoms with van der Waals surface area (Å²) in [6, 6.07) is 3.08. The minimum atomic E-state index is -2.97.